The first-order valence-corrected chi connectivity index (χ1v) is 9.80. The van der Waals surface area contributed by atoms with Crippen molar-refractivity contribution in [2.45, 2.75) is 53.4 Å². The third-order valence-electron chi connectivity index (χ3n) is 5.46. The Labute approximate surface area is 171 Å². The Morgan fingerprint density at radius 2 is 1.86 bits per heavy atom. The molecule has 4 nitrogen and oxygen atoms in total. The molecule has 0 saturated carbocycles. The number of hydrogen-bond donors (Lipinski definition) is 0. The van der Waals surface area contributed by atoms with Gasteiger partial charge in [-0.2, -0.15) is 23.4 Å². The van der Waals surface area contributed by atoms with Crippen molar-refractivity contribution >= 4 is 11.4 Å². The molecule has 1 heterocycles. The van der Waals surface area contributed by atoms with Crippen molar-refractivity contribution in [2.24, 2.45) is 16.1 Å². The van der Waals surface area contributed by atoms with Crippen LogP contribution in [-0.4, -0.2) is 53.6 Å². The Bertz CT molecular complexity index is 803. The number of hydrogen-bond acceptors (Lipinski definition) is 4. The van der Waals surface area contributed by atoms with E-state index in [2.05, 4.69) is 40.4 Å². The van der Waals surface area contributed by atoms with Crippen LogP contribution in [0.25, 0.3) is 0 Å². The lowest BCUT2D eigenvalue weighted by Gasteiger charge is -2.45. The average Bonchev–Trinajstić information content (AvgIpc) is 2.56. The minimum absolute atomic E-state index is 0.457. The second-order valence-electron chi connectivity index (χ2n) is 8.11. The van der Waals surface area contributed by atoms with Gasteiger partial charge in [0.15, 0.2) is 0 Å². The van der Waals surface area contributed by atoms with E-state index >= 15 is 0 Å². The van der Waals surface area contributed by atoms with Gasteiger partial charge in [0.05, 0.1) is 5.71 Å². The molecule has 0 atom stereocenters. The predicted octanol–water partition coefficient (Wildman–Crippen LogP) is 5.03. The Morgan fingerprint density at radius 1 is 1.24 bits per heavy atom. The average molecular weight is 409 g/mol. The van der Waals surface area contributed by atoms with Crippen LogP contribution in [0.1, 0.15) is 44.4 Å². The summed E-state index contributed by atoms with van der Waals surface area (Å²) in [7, 11) is 2.05. The van der Waals surface area contributed by atoms with Gasteiger partial charge in [0, 0.05) is 49.9 Å². The molecule has 0 aliphatic carbocycles. The van der Waals surface area contributed by atoms with E-state index in [0.717, 1.165) is 48.9 Å². The minimum Gasteiger partial charge on any atom is -0.374 e. The molecule has 0 radical (unpaired) electrons. The van der Waals surface area contributed by atoms with Gasteiger partial charge in [-0.15, -0.1) is 0 Å². The van der Waals surface area contributed by atoms with Crippen LogP contribution in [0.3, 0.4) is 0 Å². The Morgan fingerprint density at radius 3 is 2.38 bits per heavy atom. The molecule has 0 bridgehead atoms. The van der Waals surface area contributed by atoms with Gasteiger partial charge in [0.2, 0.25) is 0 Å². The third-order valence-corrected chi connectivity index (χ3v) is 5.46. The Balaban J connectivity index is 2.03. The highest BCUT2D eigenvalue weighted by atomic mass is 19.4. The van der Waals surface area contributed by atoms with Crippen molar-refractivity contribution in [3.63, 3.8) is 0 Å². The number of alkyl halides is 3. The first-order valence-electron chi connectivity index (χ1n) is 9.80. The van der Waals surface area contributed by atoms with E-state index in [1.165, 1.54) is 0 Å². The first kappa shape index (κ1) is 23.1. The van der Waals surface area contributed by atoms with E-state index in [1.807, 2.05) is 32.2 Å². The lowest BCUT2D eigenvalue weighted by molar-refractivity contribution is -0.0593. The maximum Gasteiger partial charge on any atom is 0.431 e. The molecule has 1 fully saturated rings. The number of nitrogens with zero attached hydrogens (tertiary/aromatic N) is 4. The molecule has 0 N–H and O–H groups in total. The molecule has 1 saturated heterocycles. The summed E-state index contributed by atoms with van der Waals surface area (Å²) in [6, 6.07) is 6.48. The fraction of sp³-hybridized carbons (Fsp3) is 0.545. The smallest absolute Gasteiger partial charge is 0.374 e. The molecule has 1 aliphatic heterocycles. The second-order valence-corrected chi connectivity index (χ2v) is 8.11. The molecule has 0 spiro atoms. The zero-order valence-electron chi connectivity index (χ0n) is 18.1. The molecule has 2 rings (SSSR count). The van der Waals surface area contributed by atoms with Crippen LogP contribution in [0.2, 0.25) is 0 Å². The SMILES string of the molecule is C=C(C1CN(C(C)C)C1)N(C)Cc1ccc(/C(C)=N/N=C(\C)C(F)(F)F)c(C)c1. The molecule has 0 amide bonds. The second kappa shape index (κ2) is 9.11. The Kier molecular flexibility index (Phi) is 7.27. The van der Waals surface area contributed by atoms with Gasteiger partial charge in [0.25, 0.3) is 0 Å². The van der Waals surface area contributed by atoms with Crippen LogP contribution in [-0.2, 0) is 6.54 Å². The molecule has 0 unspecified atom stereocenters. The normalized spacial score (nSPS) is 16.9. The fourth-order valence-electron chi connectivity index (χ4n) is 3.32. The maximum absolute atomic E-state index is 12.6. The number of likely N-dealkylation sites (tertiary alicyclic amines) is 1. The van der Waals surface area contributed by atoms with E-state index in [9.17, 15) is 13.2 Å². The molecule has 7 heteroatoms. The maximum atomic E-state index is 12.6. The topological polar surface area (TPSA) is 31.2 Å². The highest BCUT2D eigenvalue weighted by molar-refractivity contribution is 6.00. The van der Waals surface area contributed by atoms with E-state index in [-0.39, 0.29) is 0 Å². The highest BCUT2D eigenvalue weighted by Crippen LogP contribution is 2.27. The van der Waals surface area contributed by atoms with Gasteiger partial charge in [0.1, 0.15) is 5.71 Å². The van der Waals surface area contributed by atoms with E-state index in [0.29, 0.717) is 17.7 Å². The summed E-state index contributed by atoms with van der Waals surface area (Å²) in [5.74, 6) is 0.492. The summed E-state index contributed by atoms with van der Waals surface area (Å²) in [5.41, 5.74) is 3.51. The molecule has 1 aromatic carbocycles. The van der Waals surface area contributed by atoms with Gasteiger partial charge in [-0.25, -0.2) is 0 Å². The van der Waals surface area contributed by atoms with Crippen molar-refractivity contribution < 1.29 is 13.2 Å². The van der Waals surface area contributed by atoms with Crippen molar-refractivity contribution in [1.29, 1.82) is 0 Å². The van der Waals surface area contributed by atoms with Crippen LogP contribution in [0.15, 0.2) is 40.7 Å². The molecule has 1 aromatic rings. The van der Waals surface area contributed by atoms with Crippen molar-refractivity contribution in [3.05, 3.63) is 47.2 Å². The molecule has 29 heavy (non-hydrogen) atoms. The molecule has 0 aromatic heterocycles. The van der Waals surface area contributed by atoms with Crippen LogP contribution in [0, 0.1) is 12.8 Å². The standard InChI is InChI=1S/C22H31F3N4/c1-14(2)29-12-20(13-29)17(5)28(7)11-19-8-9-21(15(3)10-19)16(4)26-27-18(6)22(23,24)25/h8-10,14,20H,5,11-13H2,1-4,6-7H3/b26-16+,27-18+. The fourth-order valence-corrected chi connectivity index (χ4v) is 3.32. The van der Waals surface area contributed by atoms with Crippen LogP contribution < -0.4 is 0 Å². The highest BCUT2D eigenvalue weighted by Gasteiger charge is 2.32. The van der Waals surface area contributed by atoms with Crippen molar-refractivity contribution in [1.82, 2.24) is 9.80 Å². The summed E-state index contributed by atoms with van der Waals surface area (Å²) in [4.78, 5) is 4.60. The molecule has 1 aliphatic rings. The lowest BCUT2D eigenvalue weighted by Crippen LogP contribution is -2.52. The largest absolute Gasteiger partial charge is 0.431 e. The van der Waals surface area contributed by atoms with Gasteiger partial charge in [-0.3, -0.25) is 4.90 Å². The number of halogens is 3. The molecule has 160 valence electrons. The monoisotopic (exact) mass is 408 g/mol. The quantitative estimate of drug-likeness (QED) is 0.468. The van der Waals surface area contributed by atoms with Gasteiger partial charge in [-0.1, -0.05) is 24.8 Å². The van der Waals surface area contributed by atoms with Crippen LogP contribution in [0.4, 0.5) is 13.2 Å². The first-order chi connectivity index (χ1) is 13.4. The summed E-state index contributed by atoms with van der Waals surface area (Å²) >= 11 is 0. The summed E-state index contributed by atoms with van der Waals surface area (Å²) in [5, 5.41) is 7.08. The number of aryl methyl sites for hydroxylation is 1. The summed E-state index contributed by atoms with van der Waals surface area (Å²) in [6.07, 6.45) is -4.46. The predicted molar refractivity (Wildman–Crippen MR) is 113 cm³/mol. The van der Waals surface area contributed by atoms with Gasteiger partial charge >= 0.3 is 6.18 Å². The van der Waals surface area contributed by atoms with Crippen LogP contribution in [0.5, 0.6) is 0 Å². The Hall–Kier alpha value is -2.15. The summed E-state index contributed by atoms with van der Waals surface area (Å²) in [6.45, 7) is 16.0. The van der Waals surface area contributed by atoms with Crippen molar-refractivity contribution in [2.75, 3.05) is 20.1 Å². The van der Waals surface area contributed by atoms with E-state index in [1.54, 1.807) is 6.92 Å². The van der Waals surface area contributed by atoms with Gasteiger partial charge in [-0.05, 0) is 45.7 Å². The number of rotatable bonds is 7. The molecular weight excluding hydrogens is 377 g/mol. The van der Waals surface area contributed by atoms with E-state index in [4.69, 9.17) is 0 Å². The molecular formula is C22H31F3N4. The van der Waals surface area contributed by atoms with Crippen LogP contribution >= 0.6 is 0 Å². The number of benzene rings is 1. The van der Waals surface area contributed by atoms with Gasteiger partial charge < -0.3 is 4.90 Å². The lowest BCUT2D eigenvalue weighted by atomic mass is 9.94. The van der Waals surface area contributed by atoms with Crippen molar-refractivity contribution in [3.8, 4) is 0 Å². The minimum atomic E-state index is -4.46. The zero-order chi connectivity index (χ0) is 21.9. The summed E-state index contributed by atoms with van der Waals surface area (Å²) < 4.78 is 37.7. The third kappa shape index (κ3) is 5.92. The van der Waals surface area contributed by atoms with E-state index < -0.39 is 11.9 Å². The zero-order valence-corrected chi connectivity index (χ0v) is 18.1.